The smallest absolute Gasteiger partial charge is 0.330 e. The van der Waals surface area contributed by atoms with Crippen LogP contribution in [0.25, 0.3) is 0 Å². The molecule has 2 aliphatic rings. The number of amides is 2. The summed E-state index contributed by atoms with van der Waals surface area (Å²) in [5, 5.41) is 2.41. The number of ether oxygens (including phenoxy) is 3. The molecule has 1 aliphatic heterocycles. The summed E-state index contributed by atoms with van der Waals surface area (Å²) in [5.41, 5.74) is -0.656. The maximum absolute atomic E-state index is 12.0. The number of esters is 2. The molecule has 2 fully saturated rings. The molecule has 2 atom stereocenters. The van der Waals surface area contributed by atoms with Crippen LogP contribution in [0.3, 0.4) is 0 Å². The lowest BCUT2D eigenvalue weighted by molar-refractivity contribution is -0.142. The third kappa shape index (κ3) is 6.32. The minimum Gasteiger partial charge on any atom is -0.463 e. The van der Waals surface area contributed by atoms with E-state index in [2.05, 4.69) is 27.9 Å². The summed E-state index contributed by atoms with van der Waals surface area (Å²) in [6.07, 6.45) is 5.97. The van der Waals surface area contributed by atoms with Gasteiger partial charge in [-0.2, -0.15) is 0 Å². The molecule has 0 aromatic rings. The highest BCUT2D eigenvalue weighted by Gasteiger charge is 2.55. The van der Waals surface area contributed by atoms with Gasteiger partial charge >= 0.3 is 11.9 Å². The molecule has 1 N–H and O–H groups in total. The van der Waals surface area contributed by atoms with E-state index in [0.717, 1.165) is 31.4 Å². The maximum atomic E-state index is 12.0. The first-order valence-corrected chi connectivity index (χ1v) is 8.84. The highest BCUT2D eigenvalue weighted by molar-refractivity contribution is 6.07. The Morgan fingerprint density at radius 3 is 2.33 bits per heavy atom. The van der Waals surface area contributed by atoms with E-state index in [0.29, 0.717) is 26.1 Å². The quantitative estimate of drug-likeness (QED) is 0.292. The average Bonchev–Trinajstić information content (AvgIpc) is 2.92. The van der Waals surface area contributed by atoms with Crippen LogP contribution in [0.4, 0.5) is 0 Å². The van der Waals surface area contributed by atoms with Crippen molar-refractivity contribution in [1.29, 1.82) is 0 Å². The van der Waals surface area contributed by atoms with Crippen molar-refractivity contribution in [1.82, 2.24) is 5.32 Å². The molecule has 2 unspecified atom stereocenters. The summed E-state index contributed by atoms with van der Waals surface area (Å²) in [4.78, 5) is 45.0. The van der Waals surface area contributed by atoms with Crippen LogP contribution < -0.4 is 5.32 Å². The van der Waals surface area contributed by atoms with Crippen LogP contribution in [0.1, 0.15) is 32.1 Å². The molecule has 0 spiro atoms. The van der Waals surface area contributed by atoms with Gasteiger partial charge in [0, 0.05) is 19.3 Å². The first-order chi connectivity index (χ1) is 12.9. The lowest BCUT2D eigenvalue weighted by atomic mass is 9.66. The Bertz CT molecular complexity index is 587. The normalized spacial score (nSPS) is 23.2. The van der Waals surface area contributed by atoms with Crippen molar-refractivity contribution in [3.63, 3.8) is 0 Å². The van der Waals surface area contributed by atoms with Gasteiger partial charge in [-0.1, -0.05) is 26.0 Å². The van der Waals surface area contributed by atoms with Gasteiger partial charge in [-0.05, 0) is 19.3 Å². The topological polar surface area (TPSA) is 108 Å². The van der Waals surface area contributed by atoms with E-state index >= 15 is 0 Å². The lowest BCUT2D eigenvalue weighted by Crippen LogP contribution is -2.38. The molecule has 1 aliphatic carbocycles. The fourth-order valence-corrected chi connectivity index (χ4v) is 3.31. The predicted octanol–water partition coefficient (Wildman–Crippen LogP) is 1.30. The Hall–Kier alpha value is -2.48. The molecule has 2 amide bonds. The predicted molar refractivity (Wildman–Crippen MR) is 96.3 cm³/mol. The molecule has 1 heterocycles. The van der Waals surface area contributed by atoms with E-state index in [1.54, 1.807) is 7.11 Å². The Kier molecular flexibility index (Phi) is 9.42. The molecule has 2 rings (SSSR count). The molecule has 0 aromatic carbocycles. The number of methoxy groups -OCH3 is 1. The van der Waals surface area contributed by atoms with E-state index in [4.69, 9.17) is 4.74 Å². The zero-order valence-electron chi connectivity index (χ0n) is 15.7. The van der Waals surface area contributed by atoms with E-state index in [9.17, 15) is 19.2 Å². The minimum absolute atomic E-state index is 0.155. The van der Waals surface area contributed by atoms with Crippen LogP contribution in [0.15, 0.2) is 25.3 Å². The van der Waals surface area contributed by atoms with Gasteiger partial charge in [0.05, 0.1) is 24.5 Å². The van der Waals surface area contributed by atoms with E-state index in [1.807, 2.05) is 0 Å². The molecule has 1 saturated carbocycles. The van der Waals surface area contributed by atoms with Gasteiger partial charge in [-0.3, -0.25) is 14.9 Å². The Morgan fingerprint density at radius 2 is 1.74 bits per heavy atom. The van der Waals surface area contributed by atoms with Gasteiger partial charge < -0.3 is 14.2 Å². The zero-order valence-corrected chi connectivity index (χ0v) is 15.7. The molecule has 0 bridgehead atoms. The van der Waals surface area contributed by atoms with Gasteiger partial charge in [0.25, 0.3) is 0 Å². The molecule has 1 saturated heterocycles. The van der Waals surface area contributed by atoms with Crippen molar-refractivity contribution in [2.24, 2.45) is 11.3 Å². The summed E-state index contributed by atoms with van der Waals surface area (Å²) in [6, 6.07) is 0. The third-order valence-corrected chi connectivity index (χ3v) is 4.70. The molecule has 27 heavy (non-hydrogen) atoms. The van der Waals surface area contributed by atoms with E-state index < -0.39 is 17.4 Å². The number of fused-ring (bicyclic) bond motifs is 1. The third-order valence-electron chi connectivity index (χ3n) is 4.70. The van der Waals surface area contributed by atoms with Gasteiger partial charge in [-0.25, -0.2) is 9.59 Å². The van der Waals surface area contributed by atoms with Crippen LogP contribution in [0.2, 0.25) is 0 Å². The second-order valence-corrected chi connectivity index (χ2v) is 6.26. The van der Waals surface area contributed by atoms with Crippen molar-refractivity contribution in [2.45, 2.75) is 32.1 Å². The summed E-state index contributed by atoms with van der Waals surface area (Å²) < 4.78 is 14.1. The maximum Gasteiger partial charge on any atom is 0.330 e. The number of hydrogen-bond donors (Lipinski definition) is 1. The lowest BCUT2D eigenvalue weighted by Gasteiger charge is -2.34. The first-order valence-electron chi connectivity index (χ1n) is 8.84. The van der Waals surface area contributed by atoms with Gasteiger partial charge in [0.2, 0.25) is 11.8 Å². The Morgan fingerprint density at radius 1 is 1.11 bits per heavy atom. The molecular formula is C19H27NO7. The largest absolute Gasteiger partial charge is 0.463 e. The summed E-state index contributed by atoms with van der Waals surface area (Å²) in [6.45, 7) is 7.41. The number of rotatable bonds is 8. The number of nitrogens with one attached hydrogen (secondary N) is 1. The van der Waals surface area contributed by atoms with Crippen LogP contribution in [0, 0.1) is 11.3 Å². The Balaban J connectivity index is 0.000000345. The fourth-order valence-electron chi connectivity index (χ4n) is 3.31. The summed E-state index contributed by atoms with van der Waals surface area (Å²) >= 11 is 0. The summed E-state index contributed by atoms with van der Waals surface area (Å²) in [7, 11) is 1.54. The van der Waals surface area contributed by atoms with Gasteiger partial charge in [0.15, 0.2) is 0 Å². The van der Waals surface area contributed by atoms with Crippen molar-refractivity contribution < 1.29 is 33.4 Å². The molecule has 8 nitrogen and oxygen atoms in total. The zero-order chi connectivity index (χ0) is 20.3. The second-order valence-electron chi connectivity index (χ2n) is 6.26. The van der Waals surface area contributed by atoms with Crippen molar-refractivity contribution in [3.05, 3.63) is 25.3 Å². The molecule has 0 radical (unpaired) electrons. The first kappa shape index (κ1) is 22.6. The number of hydrogen-bond acceptors (Lipinski definition) is 7. The second kappa shape index (κ2) is 11.3. The monoisotopic (exact) mass is 381 g/mol. The number of carbonyl (C=O) groups excluding carboxylic acids is 4. The minimum atomic E-state index is -0.656. The van der Waals surface area contributed by atoms with Crippen LogP contribution in [0.5, 0.6) is 0 Å². The van der Waals surface area contributed by atoms with Crippen molar-refractivity contribution in [2.75, 3.05) is 26.9 Å². The number of carbonyl (C=O) groups is 4. The van der Waals surface area contributed by atoms with E-state index in [1.165, 1.54) is 0 Å². The number of imide groups is 1. The van der Waals surface area contributed by atoms with Crippen molar-refractivity contribution in [3.8, 4) is 0 Å². The van der Waals surface area contributed by atoms with Crippen LogP contribution >= 0.6 is 0 Å². The molecule has 0 aromatic heterocycles. The van der Waals surface area contributed by atoms with Crippen molar-refractivity contribution >= 4 is 23.8 Å². The Labute approximate surface area is 158 Å². The fraction of sp³-hybridized carbons (Fsp3) is 0.579. The SMILES string of the molecule is C=CC(=O)OCCC12CCCCC1C(=O)NC2=O.C=CC(=O)OCCOC. The average molecular weight is 381 g/mol. The molecule has 150 valence electrons. The van der Waals surface area contributed by atoms with Gasteiger partial charge in [-0.15, -0.1) is 0 Å². The molecular weight excluding hydrogens is 354 g/mol. The highest BCUT2D eigenvalue weighted by Crippen LogP contribution is 2.47. The molecule has 8 heteroatoms. The van der Waals surface area contributed by atoms with Crippen LogP contribution in [-0.4, -0.2) is 50.7 Å². The standard InChI is InChI=1S/C13H17NO4.C6H10O3/c1-2-10(15)18-8-7-13-6-4-3-5-9(13)11(16)14-12(13)17;1-3-6(7)9-5-4-8-2/h2,9H,1,3-8H2,(H,14,16,17);3H,1,4-5H2,2H3. The van der Waals surface area contributed by atoms with Gasteiger partial charge in [0.1, 0.15) is 6.61 Å². The highest BCUT2D eigenvalue weighted by atomic mass is 16.6. The summed E-state index contributed by atoms with van der Waals surface area (Å²) in [5.74, 6) is -1.53. The van der Waals surface area contributed by atoms with Crippen LogP contribution in [-0.2, 0) is 33.4 Å². The van der Waals surface area contributed by atoms with E-state index in [-0.39, 0.29) is 24.3 Å².